The highest BCUT2D eigenvalue weighted by molar-refractivity contribution is 7.13. The molecule has 1 N–H and O–H groups in total. The van der Waals surface area contributed by atoms with Crippen LogP contribution in [0.4, 0.5) is 0 Å². The van der Waals surface area contributed by atoms with Crippen molar-refractivity contribution in [3.8, 4) is 10.7 Å². The maximum atomic E-state index is 11.0. The SMILES string of the molecule is Cc1ncsc1-c1nnnn1C(CC(=O)O)C(C)C. The molecule has 0 saturated heterocycles. The first-order chi connectivity index (χ1) is 9.00. The van der Waals surface area contributed by atoms with E-state index in [2.05, 4.69) is 20.5 Å². The fourth-order valence-corrected chi connectivity index (χ4v) is 2.65. The first kappa shape index (κ1) is 13.6. The molecule has 2 rings (SSSR count). The number of rotatable bonds is 5. The molecule has 0 amide bonds. The normalized spacial score (nSPS) is 12.8. The third-order valence-corrected chi connectivity index (χ3v) is 3.83. The number of hydrogen-bond acceptors (Lipinski definition) is 6. The molecule has 2 aromatic heterocycles. The van der Waals surface area contributed by atoms with Gasteiger partial charge in [0, 0.05) is 0 Å². The summed E-state index contributed by atoms with van der Waals surface area (Å²) in [6.07, 6.45) is -0.00639. The number of aliphatic carboxylic acids is 1. The van der Waals surface area contributed by atoms with Crippen LogP contribution in [0.1, 0.15) is 32.0 Å². The average molecular weight is 281 g/mol. The van der Waals surface area contributed by atoms with E-state index < -0.39 is 5.97 Å². The average Bonchev–Trinajstić information content (AvgIpc) is 2.93. The molecule has 0 fully saturated rings. The molecule has 1 atom stereocenters. The predicted octanol–water partition coefficient (Wildman–Crippen LogP) is 1.78. The fourth-order valence-electron chi connectivity index (χ4n) is 1.87. The molecule has 0 spiro atoms. The molecule has 1 unspecified atom stereocenters. The lowest BCUT2D eigenvalue weighted by molar-refractivity contribution is -0.138. The van der Waals surface area contributed by atoms with Crippen molar-refractivity contribution in [2.45, 2.75) is 33.2 Å². The van der Waals surface area contributed by atoms with Crippen LogP contribution in [0, 0.1) is 12.8 Å². The molecule has 2 aromatic rings. The molecular weight excluding hydrogens is 266 g/mol. The first-order valence-corrected chi connectivity index (χ1v) is 6.78. The Bertz CT molecular complexity index is 577. The highest BCUT2D eigenvalue weighted by Gasteiger charge is 2.25. The standard InChI is InChI=1S/C11H15N5O2S/c1-6(2)8(4-9(17)18)16-11(13-14-15-16)10-7(3)12-5-19-10/h5-6,8H,4H2,1-3H3,(H,17,18). The van der Waals surface area contributed by atoms with E-state index in [-0.39, 0.29) is 18.4 Å². The van der Waals surface area contributed by atoms with Crippen molar-refractivity contribution in [3.05, 3.63) is 11.2 Å². The van der Waals surface area contributed by atoms with Gasteiger partial charge in [-0.1, -0.05) is 13.8 Å². The molecule has 102 valence electrons. The zero-order valence-corrected chi connectivity index (χ0v) is 11.8. The van der Waals surface area contributed by atoms with Gasteiger partial charge in [0.05, 0.1) is 28.5 Å². The number of hydrogen-bond donors (Lipinski definition) is 1. The Kier molecular flexibility index (Phi) is 3.89. The molecule has 0 aliphatic rings. The van der Waals surface area contributed by atoms with Crippen LogP contribution in [0.15, 0.2) is 5.51 Å². The van der Waals surface area contributed by atoms with Crippen molar-refractivity contribution in [1.29, 1.82) is 0 Å². The van der Waals surface area contributed by atoms with Crippen LogP contribution < -0.4 is 0 Å². The van der Waals surface area contributed by atoms with Gasteiger partial charge in [-0.3, -0.25) is 4.79 Å². The summed E-state index contributed by atoms with van der Waals surface area (Å²) < 4.78 is 1.60. The van der Waals surface area contributed by atoms with Crippen molar-refractivity contribution in [2.24, 2.45) is 5.92 Å². The van der Waals surface area contributed by atoms with Crippen LogP contribution in [-0.2, 0) is 4.79 Å². The van der Waals surface area contributed by atoms with Crippen molar-refractivity contribution < 1.29 is 9.90 Å². The van der Waals surface area contributed by atoms with Gasteiger partial charge in [-0.2, -0.15) is 0 Å². The maximum Gasteiger partial charge on any atom is 0.305 e. The topological polar surface area (TPSA) is 93.8 Å². The lowest BCUT2D eigenvalue weighted by Gasteiger charge is -2.19. The third kappa shape index (κ3) is 2.78. The summed E-state index contributed by atoms with van der Waals surface area (Å²) in [7, 11) is 0. The number of carboxylic acids is 1. The monoisotopic (exact) mass is 281 g/mol. The molecule has 0 aromatic carbocycles. The number of thiazole rings is 1. The third-order valence-electron chi connectivity index (χ3n) is 2.91. The second-order valence-corrected chi connectivity index (χ2v) is 5.48. The summed E-state index contributed by atoms with van der Waals surface area (Å²) in [5.74, 6) is -0.160. The Hall–Kier alpha value is -1.83. The second kappa shape index (κ2) is 5.43. The summed E-state index contributed by atoms with van der Waals surface area (Å²) >= 11 is 1.45. The number of aromatic nitrogens is 5. The van der Waals surface area contributed by atoms with E-state index >= 15 is 0 Å². The van der Waals surface area contributed by atoms with E-state index in [4.69, 9.17) is 5.11 Å². The van der Waals surface area contributed by atoms with Gasteiger partial charge in [0.15, 0.2) is 5.82 Å². The molecule has 0 bridgehead atoms. The van der Waals surface area contributed by atoms with Crippen LogP contribution >= 0.6 is 11.3 Å². The largest absolute Gasteiger partial charge is 0.481 e. The van der Waals surface area contributed by atoms with Gasteiger partial charge in [0.25, 0.3) is 0 Å². The smallest absolute Gasteiger partial charge is 0.305 e. The molecule has 2 heterocycles. The zero-order chi connectivity index (χ0) is 14.0. The fraction of sp³-hybridized carbons (Fsp3) is 0.545. The van der Waals surface area contributed by atoms with Gasteiger partial charge in [-0.25, -0.2) is 9.67 Å². The number of aryl methyl sites for hydroxylation is 1. The van der Waals surface area contributed by atoms with E-state index in [0.29, 0.717) is 5.82 Å². The number of carboxylic acid groups (broad SMARTS) is 1. The van der Waals surface area contributed by atoms with E-state index in [1.54, 1.807) is 10.2 Å². The highest BCUT2D eigenvalue weighted by atomic mass is 32.1. The minimum absolute atomic E-state index is 0.00639. The van der Waals surface area contributed by atoms with Gasteiger partial charge in [0.2, 0.25) is 0 Å². The molecule has 7 nitrogen and oxygen atoms in total. The number of carbonyl (C=O) groups is 1. The summed E-state index contributed by atoms with van der Waals surface area (Å²) in [6.45, 7) is 5.80. The van der Waals surface area contributed by atoms with Crippen LogP contribution in [0.2, 0.25) is 0 Å². The molecule has 0 radical (unpaired) electrons. The van der Waals surface area contributed by atoms with Crippen molar-refractivity contribution in [1.82, 2.24) is 25.2 Å². The Morgan fingerprint density at radius 1 is 1.53 bits per heavy atom. The summed E-state index contributed by atoms with van der Waals surface area (Å²) in [6, 6.07) is -0.274. The van der Waals surface area contributed by atoms with Crippen LogP contribution in [0.5, 0.6) is 0 Å². The Morgan fingerprint density at radius 3 is 2.79 bits per heavy atom. The summed E-state index contributed by atoms with van der Waals surface area (Å²) in [4.78, 5) is 16.0. The van der Waals surface area contributed by atoms with Gasteiger partial charge < -0.3 is 5.11 Å². The second-order valence-electron chi connectivity index (χ2n) is 4.62. The summed E-state index contributed by atoms with van der Waals surface area (Å²) in [5.41, 5.74) is 2.57. The minimum Gasteiger partial charge on any atom is -0.481 e. The van der Waals surface area contributed by atoms with Gasteiger partial charge >= 0.3 is 5.97 Å². The van der Waals surface area contributed by atoms with Gasteiger partial charge in [-0.05, 0) is 23.3 Å². The molecule has 0 aliphatic heterocycles. The van der Waals surface area contributed by atoms with Crippen molar-refractivity contribution >= 4 is 17.3 Å². The van der Waals surface area contributed by atoms with Crippen LogP contribution in [-0.4, -0.2) is 36.3 Å². The zero-order valence-electron chi connectivity index (χ0n) is 10.9. The number of nitrogens with zero attached hydrogens (tertiary/aromatic N) is 5. The molecule has 0 aliphatic carbocycles. The quantitative estimate of drug-likeness (QED) is 0.897. The first-order valence-electron chi connectivity index (χ1n) is 5.90. The lowest BCUT2D eigenvalue weighted by atomic mass is 10.0. The maximum absolute atomic E-state index is 11.0. The predicted molar refractivity (Wildman–Crippen MR) is 69.8 cm³/mol. The van der Waals surface area contributed by atoms with Crippen molar-refractivity contribution in [3.63, 3.8) is 0 Å². The molecule has 19 heavy (non-hydrogen) atoms. The highest BCUT2D eigenvalue weighted by Crippen LogP contribution is 2.30. The van der Waals surface area contributed by atoms with E-state index in [9.17, 15) is 4.79 Å². The lowest BCUT2D eigenvalue weighted by Crippen LogP contribution is -2.21. The Balaban J connectivity index is 2.42. The van der Waals surface area contributed by atoms with Crippen LogP contribution in [0.25, 0.3) is 10.7 Å². The van der Waals surface area contributed by atoms with E-state index in [1.165, 1.54) is 11.3 Å². The Labute approximate surface area is 114 Å². The molecule has 8 heteroatoms. The van der Waals surface area contributed by atoms with E-state index in [1.807, 2.05) is 20.8 Å². The van der Waals surface area contributed by atoms with E-state index in [0.717, 1.165) is 10.6 Å². The van der Waals surface area contributed by atoms with Crippen molar-refractivity contribution in [2.75, 3.05) is 0 Å². The molecule has 0 saturated carbocycles. The van der Waals surface area contributed by atoms with Crippen LogP contribution in [0.3, 0.4) is 0 Å². The minimum atomic E-state index is -0.860. The Morgan fingerprint density at radius 2 is 2.26 bits per heavy atom. The number of tetrazole rings is 1. The molecular formula is C11H15N5O2S. The van der Waals surface area contributed by atoms with Gasteiger partial charge in [0.1, 0.15) is 0 Å². The summed E-state index contributed by atoms with van der Waals surface area (Å²) in [5, 5.41) is 20.7. The van der Waals surface area contributed by atoms with Gasteiger partial charge in [-0.15, -0.1) is 16.4 Å².